The molecule has 0 fully saturated rings. The molecule has 2 rings (SSSR count). The average molecular weight is 444 g/mol. The monoisotopic (exact) mass is 443 g/mol. The maximum atomic E-state index is 12.2. The van der Waals surface area contributed by atoms with Crippen LogP contribution >= 0.6 is 0 Å². The van der Waals surface area contributed by atoms with Crippen molar-refractivity contribution in [3.8, 4) is 11.5 Å². The standard InChI is InChI=1S/C23H29N3O6/c1-23(2,3)32-22(29)25-14-20(27)26-17-10-6-5-9-16(17)13-24-21(28)15-31-19-12-8-7-11-18(19)30-4/h5-12H,13-15H2,1-4H3,(H,24,28)(H,25,29)(H,26,27). The molecule has 0 unspecified atom stereocenters. The van der Waals surface area contributed by atoms with Gasteiger partial charge in [-0.25, -0.2) is 4.79 Å². The zero-order valence-corrected chi connectivity index (χ0v) is 18.7. The Balaban J connectivity index is 1.84. The van der Waals surface area contributed by atoms with E-state index in [4.69, 9.17) is 14.2 Å². The van der Waals surface area contributed by atoms with Crippen LogP contribution in [0.1, 0.15) is 26.3 Å². The fourth-order valence-electron chi connectivity index (χ4n) is 2.58. The Morgan fingerprint density at radius 2 is 1.53 bits per heavy atom. The summed E-state index contributed by atoms with van der Waals surface area (Å²) in [5, 5.41) is 7.87. The van der Waals surface area contributed by atoms with E-state index in [2.05, 4.69) is 16.0 Å². The molecular formula is C23H29N3O6. The van der Waals surface area contributed by atoms with Gasteiger partial charge >= 0.3 is 6.09 Å². The van der Waals surface area contributed by atoms with E-state index in [0.717, 1.165) is 0 Å². The molecule has 0 aliphatic rings. The molecule has 172 valence electrons. The van der Waals surface area contributed by atoms with Crippen molar-refractivity contribution >= 4 is 23.6 Å². The molecule has 0 aliphatic heterocycles. The van der Waals surface area contributed by atoms with Crippen LogP contribution in [0.2, 0.25) is 0 Å². The van der Waals surface area contributed by atoms with E-state index in [9.17, 15) is 14.4 Å². The van der Waals surface area contributed by atoms with Crippen LogP contribution in [0, 0.1) is 0 Å². The first-order valence-corrected chi connectivity index (χ1v) is 10.0. The summed E-state index contributed by atoms with van der Waals surface area (Å²) >= 11 is 0. The molecule has 9 heteroatoms. The first kappa shape index (κ1) is 24.5. The summed E-state index contributed by atoms with van der Waals surface area (Å²) in [6.45, 7) is 4.96. The number of benzene rings is 2. The number of rotatable bonds is 9. The molecule has 2 aromatic rings. The van der Waals surface area contributed by atoms with Crippen molar-refractivity contribution in [1.82, 2.24) is 10.6 Å². The van der Waals surface area contributed by atoms with Gasteiger partial charge in [0.1, 0.15) is 12.1 Å². The van der Waals surface area contributed by atoms with Gasteiger partial charge in [-0.3, -0.25) is 9.59 Å². The van der Waals surface area contributed by atoms with Gasteiger partial charge in [0.15, 0.2) is 18.1 Å². The number of amides is 3. The maximum absolute atomic E-state index is 12.2. The molecule has 32 heavy (non-hydrogen) atoms. The van der Waals surface area contributed by atoms with Crippen LogP contribution in [0.3, 0.4) is 0 Å². The summed E-state index contributed by atoms with van der Waals surface area (Å²) in [5.74, 6) is 0.251. The molecular weight excluding hydrogens is 414 g/mol. The Kier molecular flexibility index (Phi) is 8.88. The smallest absolute Gasteiger partial charge is 0.408 e. The van der Waals surface area contributed by atoms with Gasteiger partial charge in [0.25, 0.3) is 5.91 Å². The number of alkyl carbamates (subject to hydrolysis) is 1. The highest BCUT2D eigenvalue weighted by Gasteiger charge is 2.17. The molecule has 0 aromatic heterocycles. The highest BCUT2D eigenvalue weighted by molar-refractivity contribution is 5.94. The lowest BCUT2D eigenvalue weighted by Crippen LogP contribution is -2.37. The number of ether oxygens (including phenoxy) is 3. The highest BCUT2D eigenvalue weighted by Crippen LogP contribution is 2.25. The summed E-state index contributed by atoms with van der Waals surface area (Å²) in [4.78, 5) is 36.1. The zero-order chi connectivity index (χ0) is 23.6. The van der Waals surface area contributed by atoms with E-state index in [0.29, 0.717) is 22.7 Å². The highest BCUT2D eigenvalue weighted by atomic mass is 16.6. The molecule has 3 N–H and O–H groups in total. The molecule has 0 saturated heterocycles. The van der Waals surface area contributed by atoms with Crippen molar-refractivity contribution < 1.29 is 28.6 Å². The van der Waals surface area contributed by atoms with Crippen LogP contribution in [0.5, 0.6) is 11.5 Å². The molecule has 0 bridgehead atoms. The lowest BCUT2D eigenvalue weighted by Gasteiger charge is -2.19. The van der Waals surface area contributed by atoms with Crippen LogP contribution in [0.15, 0.2) is 48.5 Å². The van der Waals surface area contributed by atoms with E-state index in [1.165, 1.54) is 7.11 Å². The lowest BCUT2D eigenvalue weighted by atomic mass is 10.1. The molecule has 0 spiro atoms. The average Bonchev–Trinajstić information content (AvgIpc) is 2.74. The Morgan fingerprint density at radius 3 is 2.22 bits per heavy atom. The van der Waals surface area contributed by atoms with Crippen LogP contribution in [0.4, 0.5) is 10.5 Å². The fraction of sp³-hybridized carbons (Fsp3) is 0.348. The zero-order valence-electron chi connectivity index (χ0n) is 18.7. The molecule has 0 aliphatic carbocycles. The second kappa shape index (κ2) is 11.6. The van der Waals surface area contributed by atoms with Crippen LogP contribution in [-0.4, -0.2) is 43.8 Å². The van der Waals surface area contributed by atoms with Gasteiger partial charge in [-0.05, 0) is 44.5 Å². The van der Waals surface area contributed by atoms with E-state index < -0.39 is 17.6 Å². The molecule has 3 amide bonds. The summed E-state index contributed by atoms with van der Waals surface area (Å²) in [6, 6.07) is 14.1. The topological polar surface area (TPSA) is 115 Å². The quantitative estimate of drug-likeness (QED) is 0.549. The second-order valence-corrected chi connectivity index (χ2v) is 7.78. The predicted octanol–water partition coefficient (Wildman–Crippen LogP) is 2.85. The lowest BCUT2D eigenvalue weighted by molar-refractivity contribution is -0.123. The van der Waals surface area contributed by atoms with Gasteiger partial charge in [-0.2, -0.15) is 0 Å². The Hall–Kier alpha value is -3.75. The van der Waals surface area contributed by atoms with Crippen molar-refractivity contribution in [3.05, 3.63) is 54.1 Å². The molecule has 0 saturated carbocycles. The van der Waals surface area contributed by atoms with Crippen molar-refractivity contribution in [3.63, 3.8) is 0 Å². The van der Waals surface area contributed by atoms with Crippen molar-refractivity contribution in [1.29, 1.82) is 0 Å². The molecule has 9 nitrogen and oxygen atoms in total. The Bertz CT molecular complexity index is 939. The number of hydrogen-bond donors (Lipinski definition) is 3. The number of methoxy groups -OCH3 is 1. The van der Waals surface area contributed by atoms with E-state index in [1.807, 2.05) is 0 Å². The van der Waals surface area contributed by atoms with E-state index >= 15 is 0 Å². The minimum absolute atomic E-state index is 0.185. The summed E-state index contributed by atoms with van der Waals surface area (Å²) in [7, 11) is 1.52. The summed E-state index contributed by atoms with van der Waals surface area (Å²) in [6.07, 6.45) is -0.678. The van der Waals surface area contributed by atoms with Crippen LogP contribution in [0.25, 0.3) is 0 Å². The number of nitrogens with one attached hydrogen (secondary N) is 3. The van der Waals surface area contributed by atoms with Gasteiger partial charge < -0.3 is 30.2 Å². The number of carbonyl (C=O) groups is 3. The molecule has 0 heterocycles. The summed E-state index contributed by atoms with van der Waals surface area (Å²) in [5.41, 5.74) is 0.568. The molecule has 0 atom stereocenters. The minimum Gasteiger partial charge on any atom is -0.493 e. The van der Waals surface area contributed by atoms with Crippen LogP contribution in [-0.2, 0) is 20.9 Å². The molecule has 2 aromatic carbocycles. The number of para-hydroxylation sites is 3. The van der Waals surface area contributed by atoms with Crippen molar-refractivity contribution in [2.24, 2.45) is 0 Å². The third-order valence-electron chi connectivity index (χ3n) is 3.99. The van der Waals surface area contributed by atoms with Gasteiger partial charge in [-0.1, -0.05) is 30.3 Å². The van der Waals surface area contributed by atoms with Crippen molar-refractivity contribution in [2.45, 2.75) is 32.9 Å². The SMILES string of the molecule is COc1ccccc1OCC(=O)NCc1ccccc1NC(=O)CNC(=O)OC(C)(C)C. The second-order valence-electron chi connectivity index (χ2n) is 7.78. The maximum Gasteiger partial charge on any atom is 0.408 e. The normalized spacial score (nSPS) is 10.6. The first-order valence-electron chi connectivity index (χ1n) is 10.0. The number of anilines is 1. The van der Waals surface area contributed by atoms with Gasteiger partial charge in [0, 0.05) is 12.2 Å². The molecule has 0 radical (unpaired) electrons. The van der Waals surface area contributed by atoms with Gasteiger partial charge in [0.2, 0.25) is 5.91 Å². The van der Waals surface area contributed by atoms with Gasteiger partial charge in [0.05, 0.1) is 7.11 Å². The predicted molar refractivity (Wildman–Crippen MR) is 120 cm³/mol. The van der Waals surface area contributed by atoms with E-state index in [-0.39, 0.29) is 25.6 Å². The van der Waals surface area contributed by atoms with Crippen LogP contribution < -0.4 is 25.4 Å². The largest absolute Gasteiger partial charge is 0.493 e. The Morgan fingerprint density at radius 1 is 0.875 bits per heavy atom. The Labute approximate surface area is 187 Å². The minimum atomic E-state index is -0.678. The first-order chi connectivity index (χ1) is 15.2. The number of hydrogen-bond acceptors (Lipinski definition) is 6. The fourth-order valence-corrected chi connectivity index (χ4v) is 2.58. The number of carbonyl (C=O) groups excluding carboxylic acids is 3. The van der Waals surface area contributed by atoms with E-state index in [1.54, 1.807) is 69.3 Å². The summed E-state index contributed by atoms with van der Waals surface area (Å²) < 4.78 is 15.8. The third-order valence-corrected chi connectivity index (χ3v) is 3.99. The van der Waals surface area contributed by atoms with Crippen molar-refractivity contribution in [2.75, 3.05) is 25.6 Å². The van der Waals surface area contributed by atoms with Gasteiger partial charge in [-0.15, -0.1) is 0 Å². The third kappa shape index (κ3) is 8.55.